The number of primary amides is 1. The molecule has 1 amide bonds. The Morgan fingerprint density at radius 3 is 2.35 bits per heavy atom. The fourth-order valence-corrected chi connectivity index (χ4v) is 1.65. The highest BCUT2D eigenvalue weighted by atomic mass is 16.6. The van der Waals surface area contributed by atoms with Gasteiger partial charge in [-0.15, -0.1) is 0 Å². The van der Waals surface area contributed by atoms with Crippen LogP contribution in [0.4, 0.5) is 0 Å². The number of nitrogens with two attached hydrogens (primary N) is 1. The van der Waals surface area contributed by atoms with E-state index in [-0.39, 0.29) is 0 Å². The first-order chi connectivity index (χ1) is 8.16. The van der Waals surface area contributed by atoms with Gasteiger partial charge in [-0.1, -0.05) is 39.0 Å². The zero-order valence-corrected chi connectivity index (χ0v) is 10.3. The summed E-state index contributed by atoms with van der Waals surface area (Å²) in [6.07, 6.45) is 5.30. The second kappa shape index (κ2) is 7.27. The first-order valence-electron chi connectivity index (χ1n) is 6.28. The van der Waals surface area contributed by atoms with Crippen LogP contribution >= 0.6 is 0 Å². The maximum atomic E-state index is 11.3. The molecule has 5 heteroatoms. The van der Waals surface area contributed by atoms with Crippen molar-refractivity contribution >= 4 is 11.9 Å². The van der Waals surface area contributed by atoms with Crippen molar-refractivity contribution in [1.29, 1.82) is 0 Å². The number of carbonyl (C=O) groups excluding carboxylic acids is 2. The Kier molecular flexibility index (Phi) is 5.97. The summed E-state index contributed by atoms with van der Waals surface area (Å²) in [4.78, 5) is 21.9. The smallest absolute Gasteiger partial charge is 0.338 e. The average molecular weight is 243 g/mol. The first-order valence-corrected chi connectivity index (χ1v) is 6.28. The predicted molar refractivity (Wildman–Crippen MR) is 62.2 cm³/mol. The van der Waals surface area contributed by atoms with Gasteiger partial charge in [-0.05, 0) is 6.42 Å². The first kappa shape index (κ1) is 14.0. The Labute approximate surface area is 102 Å². The van der Waals surface area contributed by atoms with E-state index in [2.05, 4.69) is 6.92 Å². The summed E-state index contributed by atoms with van der Waals surface area (Å²) in [6.45, 7) is 2.57. The minimum absolute atomic E-state index is 0.399. The number of epoxide rings is 1. The third kappa shape index (κ3) is 5.17. The van der Waals surface area contributed by atoms with E-state index in [9.17, 15) is 9.59 Å². The van der Waals surface area contributed by atoms with Gasteiger partial charge in [-0.25, -0.2) is 4.79 Å². The van der Waals surface area contributed by atoms with Crippen LogP contribution in [0.1, 0.15) is 45.4 Å². The topological polar surface area (TPSA) is 81.9 Å². The van der Waals surface area contributed by atoms with Crippen LogP contribution < -0.4 is 5.73 Å². The van der Waals surface area contributed by atoms with E-state index in [1.165, 1.54) is 25.7 Å². The van der Waals surface area contributed by atoms with Gasteiger partial charge in [0, 0.05) is 0 Å². The lowest BCUT2D eigenvalue weighted by Crippen LogP contribution is -2.24. The zero-order chi connectivity index (χ0) is 12.7. The molecule has 0 aromatic heterocycles. The quantitative estimate of drug-likeness (QED) is 0.374. The highest BCUT2D eigenvalue weighted by Crippen LogP contribution is 2.22. The summed E-state index contributed by atoms with van der Waals surface area (Å²) in [5, 5.41) is 0. The molecule has 2 unspecified atom stereocenters. The largest absolute Gasteiger partial charge is 0.464 e. The summed E-state index contributed by atoms with van der Waals surface area (Å²) < 4.78 is 9.78. The number of rotatable bonds is 9. The molecular formula is C12H21NO4. The molecular weight excluding hydrogens is 222 g/mol. The highest BCUT2D eigenvalue weighted by molar-refractivity contribution is 5.91. The van der Waals surface area contributed by atoms with Gasteiger partial charge < -0.3 is 15.2 Å². The standard InChI is InChI=1S/C12H21NO4/c1-2-3-4-5-6-7-8-16-12(15)10-9(17-10)11(13)14/h9-10H,2-8H2,1H3,(H2,13,14). The summed E-state index contributed by atoms with van der Waals surface area (Å²) in [5.41, 5.74) is 4.98. The molecule has 0 bridgehead atoms. The van der Waals surface area contributed by atoms with Gasteiger partial charge in [0.15, 0.2) is 12.2 Å². The van der Waals surface area contributed by atoms with Crippen molar-refractivity contribution in [2.45, 2.75) is 57.7 Å². The number of hydrogen-bond donors (Lipinski definition) is 1. The molecule has 0 aromatic rings. The average Bonchev–Trinajstić information content (AvgIpc) is 3.07. The fraction of sp³-hybridized carbons (Fsp3) is 0.833. The molecule has 0 saturated carbocycles. The molecule has 0 aromatic carbocycles. The van der Waals surface area contributed by atoms with Crippen LogP contribution in [0.3, 0.4) is 0 Å². The van der Waals surface area contributed by atoms with Gasteiger partial charge >= 0.3 is 5.97 Å². The normalized spacial score (nSPS) is 22.2. The molecule has 0 spiro atoms. The lowest BCUT2D eigenvalue weighted by atomic mass is 10.1. The number of esters is 1. The molecule has 2 N–H and O–H groups in total. The van der Waals surface area contributed by atoms with E-state index in [1.54, 1.807) is 0 Å². The molecule has 1 heterocycles. The van der Waals surface area contributed by atoms with E-state index in [4.69, 9.17) is 15.2 Å². The van der Waals surface area contributed by atoms with Crippen molar-refractivity contribution < 1.29 is 19.1 Å². The molecule has 5 nitrogen and oxygen atoms in total. The molecule has 1 aliphatic heterocycles. The van der Waals surface area contributed by atoms with E-state index < -0.39 is 24.1 Å². The molecule has 1 aliphatic rings. The van der Waals surface area contributed by atoms with E-state index in [0.29, 0.717) is 6.61 Å². The van der Waals surface area contributed by atoms with Crippen LogP contribution in [0.2, 0.25) is 0 Å². The third-order valence-electron chi connectivity index (χ3n) is 2.75. The van der Waals surface area contributed by atoms with Crippen molar-refractivity contribution in [2.24, 2.45) is 5.73 Å². The molecule has 98 valence electrons. The zero-order valence-electron chi connectivity index (χ0n) is 10.3. The highest BCUT2D eigenvalue weighted by Gasteiger charge is 2.50. The summed E-state index contributed by atoms with van der Waals surface area (Å²) in [5.74, 6) is -1.08. The Hall–Kier alpha value is -1.10. The number of unbranched alkanes of at least 4 members (excludes halogenated alkanes) is 5. The summed E-state index contributed by atoms with van der Waals surface area (Å²) in [6, 6.07) is 0. The van der Waals surface area contributed by atoms with E-state index >= 15 is 0 Å². The third-order valence-corrected chi connectivity index (χ3v) is 2.75. The van der Waals surface area contributed by atoms with Crippen molar-refractivity contribution in [3.05, 3.63) is 0 Å². The Morgan fingerprint density at radius 2 is 1.76 bits per heavy atom. The van der Waals surface area contributed by atoms with Gasteiger partial charge in [0.25, 0.3) is 0 Å². The summed E-state index contributed by atoms with van der Waals surface area (Å²) in [7, 11) is 0. The number of ether oxygens (including phenoxy) is 2. The van der Waals surface area contributed by atoms with Gasteiger partial charge in [-0.3, -0.25) is 4.79 Å². The predicted octanol–water partition coefficient (Wildman–Crippen LogP) is 1.14. The Balaban J connectivity index is 1.93. The van der Waals surface area contributed by atoms with Crippen LogP contribution in [0, 0.1) is 0 Å². The van der Waals surface area contributed by atoms with Crippen LogP contribution in [0.15, 0.2) is 0 Å². The molecule has 1 rings (SSSR count). The Bertz CT molecular complexity index is 267. The molecule has 0 radical (unpaired) electrons. The van der Waals surface area contributed by atoms with Crippen molar-refractivity contribution in [3.63, 3.8) is 0 Å². The molecule has 17 heavy (non-hydrogen) atoms. The lowest BCUT2D eigenvalue weighted by molar-refractivity contribution is -0.145. The summed E-state index contributed by atoms with van der Waals surface area (Å²) >= 11 is 0. The van der Waals surface area contributed by atoms with Crippen LogP contribution in [-0.2, 0) is 19.1 Å². The second-order valence-corrected chi connectivity index (χ2v) is 4.31. The van der Waals surface area contributed by atoms with Crippen LogP contribution in [0.5, 0.6) is 0 Å². The monoisotopic (exact) mass is 243 g/mol. The second-order valence-electron chi connectivity index (χ2n) is 4.31. The lowest BCUT2D eigenvalue weighted by Gasteiger charge is -2.02. The van der Waals surface area contributed by atoms with Gasteiger partial charge in [0.05, 0.1) is 6.61 Å². The molecule has 1 fully saturated rings. The Morgan fingerprint density at radius 1 is 1.12 bits per heavy atom. The fourth-order valence-electron chi connectivity index (χ4n) is 1.65. The molecule has 2 atom stereocenters. The van der Waals surface area contributed by atoms with Crippen molar-refractivity contribution in [3.8, 4) is 0 Å². The number of carbonyl (C=O) groups is 2. The minimum atomic E-state index is -0.771. The van der Waals surface area contributed by atoms with Crippen molar-refractivity contribution in [1.82, 2.24) is 0 Å². The van der Waals surface area contributed by atoms with Gasteiger partial charge in [0.1, 0.15) is 0 Å². The number of hydrogen-bond acceptors (Lipinski definition) is 4. The van der Waals surface area contributed by atoms with E-state index in [1.807, 2.05) is 0 Å². The van der Waals surface area contributed by atoms with Gasteiger partial charge in [-0.2, -0.15) is 0 Å². The minimum Gasteiger partial charge on any atom is -0.464 e. The van der Waals surface area contributed by atoms with Crippen molar-refractivity contribution in [2.75, 3.05) is 6.61 Å². The van der Waals surface area contributed by atoms with Crippen LogP contribution in [0.25, 0.3) is 0 Å². The molecule has 1 saturated heterocycles. The van der Waals surface area contributed by atoms with E-state index in [0.717, 1.165) is 12.8 Å². The molecule has 0 aliphatic carbocycles. The van der Waals surface area contributed by atoms with Gasteiger partial charge in [0.2, 0.25) is 5.91 Å². The SMILES string of the molecule is CCCCCCCCOC(=O)C1OC1C(N)=O. The maximum Gasteiger partial charge on any atom is 0.338 e. The maximum absolute atomic E-state index is 11.3. The van der Waals surface area contributed by atoms with Crippen LogP contribution in [-0.4, -0.2) is 30.7 Å². The number of amides is 1.